The van der Waals surface area contributed by atoms with Crippen LogP contribution in [0.25, 0.3) is 0 Å². The van der Waals surface area contributed by atoms with E-state index in [1.165, 1.54) is 0 Å². The summed E-state index contributed by atoms with van der Waals surface area (Å²) >= 11 is 12.0. The van der Waals surface area contributed by atoms with Crippen molar-refractivity contribution in [3.05, 3.63) is 75.9 Å². The summed E-state index contributed by atoms with van der Waals surface area (Å²) in [6.07, 6.45) is 1.61. The lowest BCUT2D eigenvalue weighted by atomic mass is 10.1. The first-order valence-corrected chi connectivity index (χ1v) is 9.88. The molecule has 0 aliphatic carbocycles. The molecule has 0 saturated carbocycles. The molecule has 1 unspecified atom stereocenters. The van der Waals surface area contributed by atoms with E-state index in [0.29, 0.717) is 38.6 Å². The van der Waals surface area contributed by atoms with Crippen molar-refractivity contribution in [2.75, 3.05) is 19.5 Å². The van der Waals surface area contributed by atoms with Gasteiger partial charge < -0.3 is 20.1 Å². The molecule has 6 nitrogen and oxygen atoms in total. The van der Waals surface area contributed by atoms with Gasteiger partial charge in [0.1, 0.15) is 5.82 Å². The molecule has 0 fully saturated rings. The lowest BCUT2D eigenvalue weighted by Gasteiger charge is -2.18. The molecular formula is C22H21Cl2N3O3. The molecule has 1 atom stereocenters. The molecule has 156 valence electrons. The Morgan fingerprint density at radius 1 is 1.00 bits per heavy atom. The summed E-state index contributed by atoms with van der Waals surface area (Å²) < 4.78 is 10.6. The van der Waals surface area contributed by atoms with Crippen LogP contribution in [0.3, 0.4) is 0 Å². The number of carbonyl (C=O) groups excluding carboxylic acids is 1. The molecule has 3 rings (SSSR count). The maximum Gasteiger partial charge on any atom is 0.255 e. The number of halogens is 2. The third kappa shape index (κ3) is 4.96. The van der Waals surface area contributed by atoms with Gasteiger partial charge in [-0.15, -0.1) is 0 Å². The van der Waals surface area contributed by atoms with Crippen LogP contribution >= 0.6 is 23.2 Å². The second-order valence-electron chi connectivity index (χ2n) is 6.46. The number of benzene rings is 2. The van der Waals surface area contributed by atoms with Crippen LogP contribution in [0, 0.1) is 0 Å². The van der Waals surface area contributed by atoms with Gasteiger partial charge in [0.2, 0.25) is 0 Å². The molecule has 2 aromatic carbocycles. The van der Waals surface area contributed by atoms with E-state index >= 15 is 0 Å². The van der Waals surface area contributed by atoms with Crippen LogP contribution in [-0.4, -0.2) is 25.1 Å². The predicted molar refractivity (Wildman–Crippen MR) is 119 cm³/mol. The first kappa shape index (κ1) is 21.7. The summed E-state index contributed by atoms with van der Waals surface area (Å²) in [4.78, 5) is 17.2. The maximum atomic E-state index is 12.9. The standard InChI is InChI=1S/C22H21Cl2N3O3/c1-13(14-6-9-19(29-2)20(11-14)30-3)26-22(28)16-5-4-10-25-21(16)27-15-7-8-17(23)18(24)12-15/h4-13H,1-3H3,(H,25,27)(H,26,28). The van der Waals surface area contributed by atoms with E-state index in [1.54, 1.807) is 56.8 Å². The van der Waals surface area contributed by atoms with Gasteiger partial charge in [-0.3, -0.25) is 4.79 Å². The van der Waals surface area contributed by atoms with Crippen LogP contribution in [-0.2, 0) is 0 Å². The zero-order chi connectivity index (χ0) is 21.7. The normalized spacial score (nSPS) is 11.5. The molecule has 0 bridgehead atoms. The molecule has 8 heteroatoms. The van der Waals surface area contributed by atoms with Crippen LogP contribution < -0.4 is 20.1 Å². The Morgan fingerprint density at radius 2 is 1.77 bits per heavy atom. The van der Waals surface area contributed by atoms with Gasteiger partial charge in [0.15, 0.2) is 11.5 Å². The van der Waals surface area contributed by atoms with Crippen molar-refractivity contribution in [1.29, 1.82) is 0 Å². The molecule has 0 radical (unpaired) electrons. The van der Waals surface area contributed by atoms with E-state index < -0.39 is 0 Å². The van der Waals surface area contributed by atoms with E-state index in [4.69, 9.17) is 32.7 Å². The highest BCUT2D eigenvalue weighted by molar-refractivity contribution is 6.42. The van der Waals surface area contributed by atoms with Crippen LogP contribution in [0.4, 0.5) is 11.5 Å². The lowest BCUT2D eigenvalue weighted by Crippen LogP contribution is -2.27. The van der Waals surface area contributed by atoms with Crippen molar-refractivity contribution in [3.8, 4) is 11.5 Å². The van der Waals surface area contributed by atoms with Gasteiger partial charge in [0.05, 0.1) is 35.9 Å². The molecule has 0 spiro atoms. The summed E-state index contributed by atoms with van der Waals surface area (Å²) in [7, 11) is 3.15. The third-order valence-corrected chi connectivity index (χ3v) is 5.23. The fourth-order valence-electron chi connectivity index (χ4n) is 2.88. The van der Waals surface area contributed by atoms with Gasteiger partial charge in [-0.1, -0.05) is 29.3 Å². The lowest BCUT2D eigenvalue weighted by molar-refractivity contribution is 0.0940. The Labute approximate surface area is 185 Å². The number of pyridine rings is 1. The fourth-order valence-corrected chi connectivity index (χ4v) is 3.18. The van der Waals surface area contributed by atoms with Gasteiger partial charge in [0.25, 0.3) is 5.91 Å². The smallest absolute Gasteiger partial charge is 0.255 e. The zero-order valence-corrected chi connectivity index (χ0v) is 18.2. The second-order valence-corrected chi connectivity index (χ2v) is 7.28. The Balaban J connectivity index is 1.79. The number of carbonyl (C=O) groups is 1. The SMILES string of the molecule is COc1ccc(C(C)NC(=O)c2cccnc2Nc2ccc(Cl)c(Cl)c2)cc1OC. The topological polar surface area (TPSA) is 72.5 Å². The van der Waals surface area contributed by atoms with Crippen LogP contribution in [0.15, 0.2) is 54.7 Å². The van der Waals surface area contributed by atoms with Gasteiger partial charge in [0, 0.05) is 11.9 Å². The van der Waals surface area contributed by atoms with E-state index in [0.717, 1.165) is 5.56 Å². The molecule has 1 aromatic heterocycles. The minimum atomic E-state index is -0.270. The molecule has 0 aliphatic rings. The molecule has 0 aliphatic heterocycles. The van der Waals surface area contributed by atoms with Gasteiger partial charge >= 0.3 is 0 Å². The van der Waals surface area contributed by atoms with Crippen LogP contribution in [0.5, 0.6) is 11.5 Å². The second kappa shape index (κ2) is 9.69. The summed E-state index contributed by atoms with van der Waals surface area (Å²) in [6, 6.07) is 13.8. The van der Waals surface area contributed by atoms with Gasteiger partial charge in [-0.25, -0.2) is 4.98 Å². The fraction of sp³-hybridized carbons (Fsp3) is 0.182. The number of amides is 1. The first-order valence-electron chi connectivity index (χ1n) is 9.12. The predicted octanol–water partition coefficient (Wildman–Crippen LogP) is 5.64. The highest BCUT2D eigenvalue weighted by Crippen LogP contribution is 2.30. The first-order chi connectivity index (χ1) is 14.4. The number of hydrogen-bond donors (Lipinski definition) is 2. The number of rotatable bonds is 7. The third-order valence-electron chi connectivity index (χ3n) is 4.49. The summed E-state index contributed by atoms with van der Waals surface area (Å²) in [5, 5.41) is 6.96. The van der Waals surface area contributed by atoms with Gasteiger partial charge in [-0.2, -0.15) is 0 Å². The Morgan fingerprint density at radius 3 is 2.47 bits per heavy atom. The Kier molecular flexibility index (Phi) is 7.03. The zero-order valence-electron chi connectivity index (χ0n) is 16.7. The van der Waals surface area contributed by atoms with Crippen molar-refractivity contribution >= 4 is 40.6 Å². The number of nitrogens with one attached hydrogen (secondary N) is 2. The summed E-state index contributed by atoms with van der Waals surface area (Å²) in [5.74, 6) is 1.36. The van der Waals surface area contributed by atoms with E-state index in [2.05, 4.69) is 15.6 Å². The molecule has 2 N–H and O–H groups in total. The van der Waals surface area contributed by atoms with Crippen LogP contribution in [0.2, 0.25) is 10.0 Å². The summed E-state index contributed by atoms with van der Waals surface area (Å²) in [6.45, 7) is 1.89. The van der Waals surface area contributed by atoms with Gasteiger partial charge in [-0.05, 0) is 55.0 Å². The quantitative estimate of drug-likeness (QED) is 0.492. The minimum Gasteiger partial charge on any atom is -0.493 e. The van der Waals surface area contributed by atoms with Crippen molar-refractivity contribution < 1.29 is 14.3 Å². The average Bonchev–Trinajstić information content (AvgIpc) is 2.76. The van der Waals surface area contributed by atoms with E-state index in [-0.39, 0.29) is 11.9 Å². The monoisotopic (exact) mass is 445 g/mol. The number of ether oxygens (including phenoxy) is 2. The molecular weight excluding hydrogens is 425 g/mol. The van der Waals surface area contributed by atoms with Crippen LogP contribution in [0.1, 0.15) is 28.9 Å². The molecule has 1 amide bonds. The highest BCUT2D eigenvalue weighted by Gasteiger charge is 2.17. The number of aromatic nitrogens is 1. The molecule has 1 heterocycles. The maximum absolute atomic E-state index is 12.9. The van der Waals surface area contributed by atoms with Crippen molar-refractivity contribution in [2.45, 2.75) is 13.0 Å². The Hall–Kier alpha value is -2.96. The number of hydrogen-bond acceptors (Lipinski definition) is 5. The molecule has 3 aromatic rings. The number of anilines is 2. The minimum absolute atomic E-state index is 0.268. The number of nitrogens with zero attached hydrogens (tertiary/aromatic N) is 1. The van der Waals surface area contributed by atoms with E-state index in [9.17, 15) is 4.79 Å². The molecule has 30 heavy (non-hydrogen) atoms. The van der Waals surface area contributed by atoms with Crippen molar-refractivity contribution in [3.63, 3.8) is 0 Å². The van der Waals surface area contributed by atoms with Crippen molar-refractivity contribution in [2.24, 2.45) is 0 Å². The largest absolute Gasteiger partial charge is 0.493 e. The average molecular weight is 446 g/mol. The molecule has 0 saturated heterocycles. The van der Waals surface area contributed by atoms with E-state index in [1.807, 2.05) is 19.1 Å². The summed E-state index contributed by atoms with van der Waals surface area (Å²) in [5.41, 5.74) is 1.95. The Bertz CT molecular complexity index is 1060. The number of methoxy groups -OCH3 is 2. The highest BCUT2D eigenvalue weighted by atomic mass is 35.5. The van der Waals surface area contributed by atoms with Crippen molar-refractivity contribution in [1.82, 2.24) is 10.3 Å².